The largest absolute Gasteiger partial charge is 0.370 e. The second-order valence-electron chi connectivity index (χ2n) is 20.5. The van der Waals surface area contributed by atoms with Crippen LogP contribution in [0.5, 0.6) is 0 Å². The minimum absolute atomic E-state index is 0.0356. The van der Waals surface area contributed by atoms with Gasteiger partial charge in [-0.15, -0.1) is 0 Å². The fraction of sp³-hybridized carbons (Fsp3) is 0.418. The van der Waals surface area contributed by atoms with Crippen molar-refractivity contribution in [2.24, 2.45) is 34.0 Å². The number of aromatic nitrogens is 3. The first-order chi connectivity index (χ1) is 38.6. The lowest BCUT2D eigenvalue weighted by Gasteiger charge is -2.29. The number of hydrogen-bond acceptors (Lipinski definition) is 12. The number of fused-ring (bicyclic) bond motifs is 2. The van der Waals surface area contributed by atoms with Gasteiger partial charge in [-0.1, -0.05) is 88.4 Å². The zero-order valence-electron chi connectivity index (χ0n) is 45.6. The molecule has 1 fully saturated rings. The first kappa shape index (κ1) is 60.9. The van der Waals surface area contributed by atoms with Crippen molar-refractivity contribution in [3.63, 3.8) is 0 Å². The summed E-state index contributed by atoms with van der Waals surface area (Å²) in [7, 11) is 0. The summed E-state index contributed by atoms with van der Waals surface area (Å²) in [5.74, 6) is -9.48. The van der Waals surface area contributed by atoms with E-state index in [1.165, 1.54) is 12.5 Å². The molecule has 0 bridgehead atoms. The fourth-order valence-electron chi connectivity index (χ4n) is 9.14. The number of hydrogen-bond donors (Lipinski definition) is 14. The Morgan fingerprint density at radius 1 is 0.679 bits per heavy atom. The van der Waals surface area contributed by atoms with Crippen LogP contribution in [0, 0.1) is 11.8 Å². The van der Waals surface area contributed by atoms with Gasteiger partial charge in [0.1, 0.15) is 42.3 Å². The zero-order chi connectivity index (χ0) is 58.8. The molecule has 26 heteroatoms. The summed E-state index contributed by atoms with van der Waals surface area (Å²) in [5, 5.41) is 26.3. The topological polar surface area (TPSA) is 414 Å². The Bertz CT molecular complexity index is 3100. The standard InChI is InChI=1S/C55H72N16O10/c1-29(2)46(53(80)63-26-43(56)72)71-54(81)47(30(3)4)70-49(76)39-17-18-44(73)62-27-45(74)65-42(23-35-25-59-28-64-35)52(79)68-40(21-31-15-16-32-10-5-6-11-33(32)20-31)50(77)66-38(14-9-19-60-55(57)58)48(75)69-41(51(78)67-39)22-34-24-61-37-13-8-7-12-36(34)37/h5-8,10-13,15-16,20,24-25,28-30,38-42,46-47,61H,9,14,17-19,21-23,26-27H2,1-4H3,(H2,56,72)(H,59,64)(H,62,73)(H,63,80)(H,65,74)(H,66,77)(H,67,78)(H,68,79)(H,69,75)(H,70,76)(H,71,81)(H4,57,58,60)/t38-,39+,40-,41+,42-,46+,47+/m1/s1. The van der Waals surface area contributed by atoms with Gasteiger partial charge in [-0.05, 0) is 59.1 Å². The number of aromatic amines is 2. The van der Waals surface area contributed by atoms with E-state index in [2.05, 4.69) is 67.8 Å². The number of aliphatic imine (C=N–C) groups is 1. The minimum Gasteiger partial charge on any atom is -0.370 e. The first-order valence-corrected chi connectivity index (χ1v) is 26.6. The third-order valence-electron chi connectivity index (χ3n) is 13.5. The summed E-state index contributed by atoms with van der Waals surface area (Å²) in [6.45, 7) is 5.46. The Labute approximate surface area is 466 Å². The second kappa shape index (κ2) is 29.0. The Hall–Kier alpha value is -9.36. The number of para-hydroxylation sites is 1. The molecule has 81 heavy (non-hydrogen) atoms. The molecule has 7 atom stereocenters. The molecule has 26 nitrogen and oxygen atoms in total. The molecule has 432 valence electrons. The van der Waals surface area contributed by atoms with Crippen molar-refractivity contribution >= 4 is 86.7 Å². The Kier molecular flexibility index (Phi) is 21.8. The summed E-state index contributed by atoms with van der Waals surface area (Å²) >= 11 is 0. The smallest absolute Gasteiger partial charge is 0.243 e. The molecule has 6 rings (SSSR count). The van der Waals surface area contributed by atoms with E-state index in [9.17, 15) is 47.9 Å². The van der Waals surface area contributed by atoms with Gasteiger partial charge in [0, 0.05) is 61.2 Å². The molecule has 0 spiro atoms. The highest BCUT2D eigenvalue weighted by molar-refractivity contribution is 5.99. The van der Waals surface area contributed by atoms with Gasteiger partial charge in [-0.25, -0.2) is 4.98 Å². The van der Waals surface area contributed by atoms with Gasteiger partial charge in [0.2, 0.25) is 59.1 Å². The molecule has 1 aliphatic rings. The molecule has 0 saturated carbocycles. The quantitative estimate of drug-likeness (QED) is 0.0251. The summed E-state index contributed by atoms with van der Waals surface area (Å²) in [6.07, 6.45) is 3.25. The Morgan fingerprint density at radius 3 is 1.99 bits per heavy atom. The Morgan fingerprint density at radius 2 is 1.31 bits per heavy atom. The Balaban J connectivity index is 1.39. The van der Waals surface area contributed by atoms with E-state index in [0.717, 1.165) is 10.8 Å². The maximum absolute atomic E-state index is 14.9. The van der Waals surface area contributed by atoms with E-state index in [1.54, 1.807) is 58.2 Å². The molecule has 0 radical (unpaired) electrons. The van der Waals surface area contributed by atoms with Crippen LogP contribution in [0.1, 0.15) is 70.2 Å². The van der Waals surface area contributed by atoms with E-state index in [0.29, 0.717) is 27.7 Å². The van der Waals surface area contributed by atoms with Crippen molar-refractivity contribution in [2.45, 2.75) is 115 Å². The number of primary amides is 1. The minimum atomic E-state index is -1.59. The van der Waals surface area contributed by atoms with E-state index < -0.39 is 139 Å². The van der Waals surface area contributed by atoms with Crippen molar-refractivity contribution in [1.29, 1.82) is 0 Å². The van der Waals surface area contributed by atoms with Crippen LogP contribution in [0.15, 0.2) is 90.4 Å². The van der Waals surface area contributed by atoms with Crippen molar-refractivity contribution in [3.8, 4) is 0 Å². The molecule has 1 saturated heterocycles. The number of amides is 10. The summed E-state index contributed by atoms with van der Waals surface area (Å²) < 4.78 is 0. The predicted molar refractivity (Wildman–Crippen MR) is 299 cm³/mol. The highest BCUT2D eigenvalue weighted by Crippen LogP contribution is 2.21. The van der Waals surface area contributed by atoms with Gasteiger partial charge in [-0.2, -0.15) is 0 Å². The van der Waals surface area contributed by atoms with Crippen LogP contribution in [-0.2, 0) is 67.2 Å². The highest BCUT2D eigenvalue weighted by Gasteiger charge is 2.36. The molecule has 2 aromatic heterocycles. The maximum Gasteiger partial charge on any atom is 0.243 e. The third-order valence-corrected chi connectivity index (χ3v) is 13.5. The molecule has 17 N–H and O–H groups in total. The van der Waals surface area contributed by atoms with Crippen LogP contribution in [0.3, 0.4) is 0 Å². The lowest BCUT2D eigenvalue weighted by Crippen LogP contribution is -2.61. The van der Waals surface area contributed by atoms with Gasteiger partial charge in [0.25, 0.3) is 0 Å². The van der Waals surface area contributed by atoms with Crippen LogP contribution < -0.4 is 65.1 Å². The molecule has 3 aromatic carbocycles. The van der Waals surface area contributed by atoms with E-state index in [4.69, 9.17) is 17.2 Å². The number of carbonyl (C=O) groups is 10. The van der Waals surface area contributed by atoms with Gasteiger partial charge in [0.05, 0.1) is 19.4 Å². The van der Waals surface area contributed by atoms with Crippen molar-refractivity contribution in [1.82, 2.24) is 62.8 Å². The molecule has 10 amide bonds. The SMILES string of the molecule is CC(C)[C@H](NC(=O)[C@@H]1CCC(=O)NCC(=O)N[C@H](Cc2cnc[nH]2)C(=O)N[C@H](Cc2ccc3ccccc3c2)C(=O)N[C@H](CCCN=C(N)N)C(=O)N[C@@H](Cc2c[nH]c3ccccc23)C(=O)N1)C(=O)N[C@H](C(=O)NCC(N)=O)C(C)C. The molecular weight excluding hydrogens is 1040 g/mol. The normalized spacial score (nSPS) is 19.7. The van der Waals surface area contributed by atoms with Crippen LogP contribution in [0.4, 0.5) is 0 Å². The van der Waals surface area contributed by atoms with Gasteiger partial charge < -0.3 is 75.0 Å². The number of guanidine groups is 1. The van der Waals surface area contributed by atoms with Crippen molar-refractivity contribution in [2.75, 3.05) is 19.6 Å². The second-order valence-corrected chi connectivity index (χ2v) is 20.5. The number of nitrogens with zero attached hydrogens (tertiary/aromatic N) is 2. The third kappa shape index (κ3) is 18.1. The lowest BCUT2D eigenvalue weighted by atomic mass is 9.98. The van der Waals surface area contributed by atoms with Crippen molar-refractivity contribution in [3.05, 3.63) is 102 Å². The highest BCUT2D eigenvalue weighted by atomic mass is 16.2. The molecule has 1 aliphatic heterocycles. The zero-order valence-corrected chi connectivity index (χ0v) is 45.6. The van der Waals surface area contributed by atoms with Gasteiger partial charge in [0.15, 0.2) is 5.96 Å². The molecule has 0 aliphatic carbocycles. The van der Waals surface area contributed by atoms with Crippen LogP contribution in [0.25, 0.3) is 21.7 Å². The maximum atomic E-state index is 14.9. The molecular formula is C55H72N16O10. The molecule has 3 heterocycles. The average molecular weight is 1120 g/mol. The van der Waals surface area contributed by atoms with Gasteiger partial charge in [-0.3, -0.25) is 52.9 Å². The summed E-state index contributed by atoms with van der Waals surface area (Å²) in [5.41, 5.74) is 18.8. The summed E-state index contributed by atoms with van der Waals surface area (Å²) in [6, 6.07) is 10.6. The number of nitrogens with one attached hydrogen (secondary N) is 11. The van der Waals surface area contributed by atoms with Crippen LogP contribution in [-0.4, -0.2) is 142 Å². The number of H-pyrrole nitrogens is 2. The number of imidazole rings is 1. The number of carbonyl (C=O) groups excluding carboxylic acids is 10. The van der Waals surface area contributed by atoms with E-state index in [-0.39, 0.29) is 44.6 Å². The predicted octanol–water partition coefficient (Wildman–Crippen LogP) is -1.66. The van der Waals surface area contributed by atoms with E-state index in [1.807, 2.05) is 42.5 Å². The number of rotatable bonds is 19. The summed E-state index contributed by atoms with van der Waals surface area (Å²) in [4.78, 5) is 154. The fourth-order valence-corrected chi connectivity index (χ4v) is 9.14. The van der Waals surface area contributed by atoms with Crippen molar-refractivity contribution < 1.29 is 47.9 Å². The average Bonchev–Trinajstić information content (AvgIpc) is 4.16. The lowest BCUT2D eigenvalue weighted by molar-refractivity contribution is -0.136. The molecule has 0 unspecified atom stereocenters. The number of benzene rings is 3. The van der Waals surface area contributed by atoms with Crippen LogP contribution >= 0.6 is 0 Å². The van der Waals surface area contributed by atoms with E-state index >= 15 is 0 Å². The number of nitrogens with two attached hydrogens (primary N) is 3. The molecule has 5 aromatic rings. The first-order valence-electron chi connectivity index (χ1n) is 26.6. The van der Waals surface area contributed by atoms with Gasteiger partial charge >= 0.3 is 0 Å². The monoisotopic (exact) mass is 1120 g/mol. The van der Waals surface area contributed by atoms with Crippen LogP contribution in [0.2, 0.25) is 0 Å².